The number of nitrogens with zero attached hydrogens (tertiary/aromatic N) is 3. The Balaban J connectivity index is 1.88. The average Bonchev–Trinajstić information content (AvgIpc) is 3.08. The van der Waals surface area contributed by atoms with E-state index in [0.717, 1.165) is 11.1 Å². The number of aromatic nitrogens is 2. The molecule has 1 aliphatic rings. The maximum atomic E-state index is 13.2. The summed E-state index contributed by atoms with van der Waals surface area (Å²) >= 11 is 0. The highest BCUT2D eigenvalue weighted by atomic mass is 16.5. The lowest BCUT2D eigenvalue weighted by atomic mass is 9.84. The number of aliphatic hydroxyl groups excluding tert-OH is 1. The maximum absolute atomic E-state index is 13.2. The van der Waals surface area contributed by atoms with E-state index >= 15 is 0 Å². The molecule has 1 aromatic carbocycles. The van der Waals surface area contributed by atoms with Crippen LogP contribution >= 0.6 is 0 Å². The molecule has 0 aliphatic carbocycles. The van der Waals surface area contributed by atoms with Crippen molar-refractivity contribution in [2.75, 3.05) is 7.11 Å². The first-order valence-corrected chi connectivity index (χ1v) is 11.0. The number of hydrogen-bond donors (Lipinski definition) is 1. The molecule has 3 aromatic rings. The van der Waals surface area contributed by atoms with Crippen LogP contribution in [0.25, 0.3) is 5.76 Å². The number of amides is 1. The first-order valence-electron chi connectivity index (χ1n) is 11.0. The Labute approximate surface area is 198 Å². The molecule has 1 saturated heterocycles. The van der Waals surface area contributed by atoms with Gasteiger partial charge in [0.05, 0.1) is 18.4 Å². The minimum absolute atomic E-state index is 0.0117. The zero-order valence-corrected chi connectivity index (χ0v) is 19.6. The van der Waals surface area contributed by atoms with Gasteiger partial charge in [0, 0.05) is 36.3 Å². The van der Waals surface area contributed by atoms with E-state index in [2.05, 4.69) is 9.97 Å². The van der Waals surface area contributed by atoms with E-state index in [1.807, 2.05) is 26.8 Å². The molecular formula is C27H27N3O4. The molecule has 1 atom stereocenters. The second kappa shape index (κ2) is 9.09. The topological polar surface area (TPSA) is 92.6 Å². The van der Waals surface area contributed by atoms with E-state index in [9.17, 15) is 14.7 Å². The van der Waals surface area contributed by atoms with E-state index in [1.54, 1.807) is 68.2 Å². The minimum atomic E-state index is -0.832. The summed E-state index contributed by atoms with van der Waals surface area (Å²) in [5, 5.41) is 11.4. The van der Waals surface area contributed by atoms with E-state index in [4.69, 9.17) is 4.74 Å². The van der Waals surface area contributed by atoms with Crippen LogP contribution in [-0.4, -0.2) is 38.8 Å². The van der Waals surface area contributed by atoms with Crippen LogP contribution in [0.1, 0.15) is 49.2 Å². The van der Waals surface area contributed by atoms with Crippen molar-refractivity contribution in [3.8, 4) is 5.75 Å². The Bertz CT molecular complexity index is 1250. The highest BCUT2D eigenvalue weighted by Gasteiger charge is 2.46. The number of pyridine rings is 2. The molecule has 0 radical (unpaired) electrons. The Kier molecular flexibility index (Phi) is 6.20. The largest absolute Gasteiger partial charge is 0.507 e. The molecule has 3 heterocycles. The number of benzene rings is 1. The standard InChI is InChI=1S/C27H27N3O4/c1-27(2,3)19-14-18(10-11-21(19)34-4)24(31)22-23(20-9-5-6-13-29-20)30(26(33)25(22)32)16-17-8-7-12-28-15-17/h5-15,23,31H,16H2,1-4H3/b24-22-. The third kappa shape index (κ3) is 4.29. The Morgan fingerprint density at radius 2 is 1.88 bits per heavy atom. The SMILES string of the molecule is COc1ccc(/C(O)=C2/C(=O)C(=O)N(Cc3cccnc3)C2c2ccccn2)cc1C(C)(C)C. The van der Waals surface area contributed by atoms with E-state index in [0.29, 0.717) is 17.0 Å². The second-order valence-corrected chi connectivity index (χ2v) is 9.21. The van der Waals surface area contributed by atoms with Crippen LogP contribution in [0, 0.1) is 0 Å². The maximum Gasteiger partial charge on any atom is 0.296 e. The smallest absolute Gasteiger partial charge is 0.296 e. The summed E-state index contributed by atoms with van der Waals surface area (Å²) < 4.78 is 5.50. The molecule has 174 valence electrons. The fourth-order valence-corrected chi connectivity index (χ4v) is 4.17. The fraction of sp³-hybridized carbons (Fsp3) is 0.259. The van der Waals surface area contributed by atoms with Crippen LogP contribution in [0.2, 0.25) is 0 Å². The van der Waals surface area contributed by atoms with Gasteiger partial charge in [0.15, 0.2) is 0 Å². The Hall–Kier alpha value is -4.00. The quantitative estimate of drug-likeness (QED) is 0.347. The number of likely N-dealkylation sites (tertiary alicyclic amines) is 1. The summed E-state index contributed by atoms with van der Waals surface area (Å²) in [6.07, 6.45) is 4.89. The first kappa shape index (κ1) is 23.2. The number of carbonyl (C=O) groups excluding carboxylic acids is 2. The minimum Gasteiger partial charge on any atom is -0.507 e. The van der Waals surface area contributed by atoms with Gasteiger partial charge in [-0.15, -0.1) is 0 Å². The van der Waals surface area contributed by atoms with Gasteiger partial charge in [-0.1, -0.05) is 32.9 Å². The summed E-state index contributed by atoms with van der Waals surface area (Å²) in [6, 6.07) is 13.3. The van der Waals surface area contributed by atoms with Gasteiger partial charge in [-0.25, -0.2) is 0 Å². The van der Waals surface area contributed by atoms with E-state index in [-0.39, 0.29) is 23.3 Å². The fourth-order valence-electron chi connectivity index (χ4n) is 4.17. The molecule has 0 bridgehead atoms. The van der Waals surface area contributed by atoms with E-state index < -0.39 is 17.7 Å². The zero-order chi connectivity index (χ0) is 24.5. The third-order valence-electron chi connectivity index (χ3n) is 5.86. The second-order valence-electron chi connectivity index (χ2n) is 9.21. The van der Waals surface area contributed by atoms with Crippen molar-refractivity contribution in [1.29, 1.82) is 0 Å². The summed E-state index contributed by atoms with van der Waals surface area (Å²) in [6.45, 7) is 6.27. The van der Waals surface area contributed by atoms with Crippen LogP contribution in [0.15, 0.2) is 72.7 Å². The lowest BCUT2D eigenvalue weighted by Gasteiger charge is -2.25. The molecule has 2 aromatic heterocycles. The molecule has 34 heavy (non-hydrogen) atoms. The van der Waals surface area contributed by atoms with Crippen molar-refractivity contribution in [3.63, 3.8) is 0 Å². The molecule has 7 heteroatoms. The van der Waals surface area contributed by atoms with Gasteiger partial charge in [-0.2, -0.15) is 0 Å². The summed E-state index contributed by atoms with van der Waals surface area (Å²) in [7, 11) is 1.59. The molecule has 1 N–H and O–H groups in total. The highest BCUT2D eigenvalue weighted by molar-refractivity contribution is 6.46. The van der Waals surface area contributed by atoms with Gasteiger partial charge >= 0.3 is 0 Å². The van der Waals surface area contributed by atoms with Crippen LogP contribution in [0.4, 0.5) is 0 Å². The molecule has 1 unspecified atom stereocenters. The molecule has 0 spiro atoms. The van der Waals surface area contributed by atoms with Crippen molar-refractivity contribution in [3.05, 3.63) is 95.1 Å². The predicted octanol–water partition coefficient (Wildman–Crippen LogP) is 4.40. The van der Waals surface area contributed by atoms with Crippen LogP contribution < -0.4 is 4.74 Å². The predicted molar refractivity (Wildman–Crippen MR) is 128 cm³/mol. The molecular weight excluding hydrogens is 430 g/mol. The number of hydrogen-bond acceptors (Lipinski definition) is 6. The Morgan fingerprint density at radius 3 is 2.50 bits per heavy atom. The Morgan fingerprint density at radius 1 is 1.09 bits per heavy atom. The van der Waals surface area contributed by atoms with Gasteiger partial charge in [0.2, 0.25) is 0 Å². The lowest BCUT2D eigenvalue weighted by molar-refractivity contribution is -0.140. The highest BCUT2D eigenvalue weighted by Crippen LogP contribution is 2.41. The first-order chi connectivity index (χ1) is 16.2. The normalized spacial score (nSPS) is 17.8. The van der Waals surface area contributed by atoms with Crippen molar-refractivity contribution >= 4 is 17.4 Å². The van der Waals surface area contributed by atoms with Crippen LogP contribution in [0.5, 0.6) is 5.75 Å². The monoisotopic (exact) mass is 457 g/mol. The number of ketones is 1. The number of aliphatic hydroxyl groups is 1. The van der Waals surface area contributed by atoms with Gasteiger partial charge in [-0.3, -0.25) is 19.6 Å². The van der Waals surface area contributed by atoms with Gasteiger partial charge in [-0.05, 0) is 47.4 Å². The van der Waals surface area contributed by atoms with Crippen molar-refractivity contribution in [2.45, 2.75) is 38.8 Å². The van der Waals surface area contributed by atoms with Crippen molar-refractivity contribution < 1.29 is 19.4 Å². The van der Waals surface area contributed by atoms with Crippen LogP contribution in [0.3, 0.4) is 0 Å². The molecule has 7 nitrogen and oxygen atoms in total. The number of ether oxygens (including phenoxy) is 1. The zero-order valence-electron chi connectivity index (χ0n) is 19.6. The number of carbonyl (C=O) groups is 2. The van der Waals surface area contributed by atoms with Crippen molar-refractivity contribution in [1.82, 2.24) is 14.9 Å². The van der Waals surface area contributed by atoms with Crippen molar-refractivity contribution in [2.24, 2.45) is 0 Å². The van der Waals surface area contributed by atoms with Crippen LogP contribution in [-0.2, 0) is 21.5 Å². The summed E-state index contributed by atoms with van der Waals surface area (Å²) in [5.41, 5.74) is 2.32. The number of Topliss-reactive ketones (excluding diaryl/α,β-unsaturated/α-hetero) is 1. The molecule has 1 aliphatic heterocycles. The van der Waals surface area contributed by atoms with Gasteiger partial charge in [0.25, 0.3) is 11.7 Å². The van der Waals surface area contributed by atoms with Gasteiger partial charge < -0.3 is 14.7 Å². The molecule has 1 amide bonds. The summed E-state index contributed by atoms with van der Waals surface area (Å²) in [5.74, 6) is -0.992. The average molecular weight is 458 g/mol. The molecule has 0 saturated carbocycles. The molecule has 1 fully saturated rings. The van der Waals surface area contributed by atoms with Gasteiger partial charge in [0.1, 0.15) is 17.6 Å². The van der Waals surface area contributed by atoms with E-state index in [1.165, 1.54) is 4.90 Å². The molecule has 4 rings (SSSR count). The lowest BCUT2D eigenvalue weighted by Crippen LogP contribution is -2.29. The summed E-state index contributed by atoms with van der Waals surface area (Å²) in [4.78, 5) is 36.3. The number of methoxy groups -OCH3 is 1. The third-order valence-corrected chi connectivity index (χ3v) is 5.86. The number of rotatable bonds is 5.